The largest absolute Gasteiger partial charge is 0.486 e. The van der Waals surface area contributed by atoms with E-state index in [1.165, 1.54) is 12.1 Å². The molecule has 1 atom stereocenters. The van der Waals surface area contributed by atoms with Crippen LogP contribution in [0.4, 0.5) is 15.8 Å². The molecule has 6 rings (SSSR count). The van der Waals surface area contributed by atoms with Crippen LogP contribution in [0.3, 0.4) is 0 Å². The first-order valence-corrected chi connectivity index (χ1v) is 13.3. The van der Waals surface area contributed by atoms with Crippen molar-refractivity contribution in [2.45, 2.75) is 6.61 Å². The van der Waals surface area contributed by atoms with E-state index in [9.17, 15) is 14.9 Å². The van der Waals surface area contributed by atoms with E-state index in [-0.39, 0.29) is 12.3 Å². The number of benzene rings is 3. The number of carbonyl (C=O) groups excluding carboxylic acids is 2. The number of hydrogen-bond acceptors (Lipinski definition) is 7. The van der Waals surface area contributed by atoms with Crippen LogP contribution in [0.1, 0.15) is 16.1 Å². The lowest BCUT2D eigenvalue weighted by Gasteiger charge is -2.36. The predicted molar refractivity (Wildman–Crippen MR) is 152 cm³/mol. The van der Waals surface area contributed by atoms with Crippen LogP contribution in [0.25, 0.3) is 16.9 Å². The lowest BCUT2D eigenvalue weighted by atomic mass is 9.95. The minimum absolute atomic E-state index is 0.0267. The SMILES string of the molecule is CN1CCN(c2cc(F)cc3c2OCc2c(C(=O)C(C#N)C(=O)Nc4ccccc4)nn(-c4ccccc4)c2-3)CC1. The quantitative estimate of drug-likeness (QED) is 0.282. The number of nitriles is 1. The Morgan fingerprint density at radius 3 is 2.39 bits per heavy atom. The highest BCUT2D eigenvalue weighted by Gasteiger charge is 2.37. The van der Waals surface area contributed by atoms with E-state index in [1.807, 2.05) is 43.4 Å². The fraction of sp³-hybridized carbons (Fsp3) is 0.226. The van der Waals surface area contributed by atoms with Gasteiger partial charge < -0.3 is 19.9 Å². The average molecular weight is 551 g/mol. The van der Waals surface area contributed by atoms with E-state index in [2.05, 4.69) is 20.2 Å². The number of ether oxygens (including phenoxy) is 1. The molecule has 1 amide bonds. The second-order valence-electron chi connectivity index (χ2n) is 10.1. The summed E-state index contributed by atoms with van der Waals surface area (Å²) in [5.74, 6) is -3.09. The van der Waals surface area contributed by atoms with Gasteiger partial charge in [0, 0.05) is 49.1 Å². The molecular formula is C31H27FN6O3. The van der Waals surface area contributed by atoms with Gasteiger partial charge in [-0.25, -0.2) is 9.07 Å². The Morgan fingerprint density at radius 1 is 1.02 bits per heavy atom. The van der Waals surface area contributed by atoms with Crippen molar-refractivity contribution >= 4 is 23.1 Å². The summed E-state index contributed by atoms with van der Waals surface area (Å²) in [7, 11) is 2.05. The van der Waals surface area contributed by atoms with Crippen LogP contribution < -0.4 is 15.0 Å². The van der Waals surface area contributed by atoms with Crippen molar-refractivity contribution in [2.75, 3.05) is 43.4 Å². The summed E-state index contributed by atoms with van der Waals surface area (Å²) in [4.78, 5) is 31.1. The first-order chi connectivity index (χ1) is 19.9. The number of nitrogens with one attached hydrogen (secondary N) is 1. The zero-order chi connectivity index (χ0) is 28.5. The summed E-state index contributed by atoms with van der Waals surface area (Å²) in [6, 6.07) is 22.5. The second kappa shape index (κ2) is 10.9. The number of aromatic nitrogens is 2. The Kier molecular flexibility index (Phi) is 6.95. The number of para-hydroxylation sites is 2. The summed E-state index contributed by atoms with van der Waals surface area (Å²) in [6.07, 6.45) is 0. The molecule has 1 N–H and O–H groups in total. The van der Waals surface area contributed by atoms with Gasteiger partial charge in [-0.05, 0) is 37.4 Å². The number of halogens is 1. The molecule has 1 unspecified atom stereocenters. The van der Waals surface area contributed by atoms with E-state index in [4.69, 9.17) is 4.74 Å². The van der Waals surface area contributed by atoms with Crippen LogP contribution in [0.5, 0.6) is 5.75 Å². The van der Waals surface area contributed by atoms with Crippen molar-refractivity contribution in [3.63, 3.8) is 0 Å². The van der Waals surface area contributed by atoms with Gasteiger partial charge in [-0.2, -0.15) is 10.4 Å². The predicted octanol–water partition coefficient (Wildman–Crippen LogP) is 4.28. The van der Waals surface area contributed by atoms with Gasteiger partial charge in [0.25, 0.3) is 0 Å². The van der Waals surface area contributed by atoms with Crippen LogP contribution in [-0.2, 0) is 11.4 Å². The van der Waals surface area contributed by atoms with Gasteiger partial charge in [0.05, 0.1) is 23.1 Å². The van der Waals surface area contributed by atoms with Crippen LogP contribution in [0.2, 0.25) is 0 Å². The minimum Gasteiger partial charge on any atom is -0.486 e. The highest BCUT2D eigenvalue weighted by Crippen LogP contribution is 2.46. The van der Waals surface area contributed by atoms with Crippen molar-refractivity contribution in [1.29, 1.82) is 5.26 Å². The van der Waals surface area contributed by atoms with E-state index in [1.54, 1.807) is 35.0 Å². The van der Waals surface area contributed by atoms with Gasteiger partial charge in [-0.15, -0.1) is 0 Å². The van der Waals surface area contributed by atoms with E-state index in [0.717, 1.165) is 13.1 Å². The molecule has 1 aromatic heterocycles. The van der Waals surface area contributed by atoms with Crippen molar-refractivity contribution in [3.8, 4) is 28.8 Å². The second-order valence-corrected chi connectivity index (χ2v) is 10.1. The Bertz CT molecular complexity index is 1660. The fourth-order valence-corrected chi connectivity index (χ4v) is 5.26. The van der Waals surface area contributed by atoms with E-state index < -0.39 is 23.4 Å². The normalized spacial score (nSPS) is 15.2. The maximum atomic E-state index is 15.2. The lowest BCUT2D eigenvalue weighted by molar-refractivity contribution is -0.117. The molecule has 9 nitrogen and oxygen atoms in total. The summed E-state index contributed by atoms with van der Waals surface area (Å²) >= 11 is 0. The zero-order valence-electron chi connectivity index (χ0n) is 22.4. The van der Waals surface area contributed by atoms with Gasteiger partial charge in [-0.3, -0.25) is 9.59 Å². The topological polar surface area (TPSA) is 103 Å². The molecule has 4 aromatic rings. The fourth-order valence-electron chi connectivity index (χ4n) is 5.26. The number of likely N-dealkylation sites (N-methyl/N-ethyl adjacent to an activating group) is 1. The first-order valence-electron chi connectivity index (χ1n) is 13.3. The molecule has 0 bridgehead atoms. The monoisotopic (exact) mass is 550 g/mol. The number of fused-ring (bicyclic) bond motifs is 3. The van der Waals surface area contributed by atoms with Crippen LogP contribution in [-0.4, -0.2) is 59.6 Å². The van der Waals surface area contributed by atoms with Gasteiger partial charge >= 0.3 is 0 Å². The van der Waals surface area contributed by atoms with Crippen molar-refractivity contribution in [2.24, 2.45) is 5.92 Å². The molecule has 0 saturated carbocycles. The average Bonchev–Trinajstić information content (AvgIpc) is 3.39. The van der Waals surface area contributed by atoms with Crippen LogP contribution in [0, 0.1) is 23.1 Å². The highest BCUT2D eigenvalue weighted by atomic mass is 19.1. The van der Waals surface area contributed by atoms with Crippen LogP contribution >= 0.6 is 0 Å². The number of amides is 1. The zero-order valence-corrected chi connectivity index (χ0v) is 22.4. The number of rotatable bonds is 6. The number of Topliss-reactive ketones (excluding diaryl/α,β-unsaturated/α-hetero) is 1. The number of carbonyl (C=O) groups is 2. The third-order valence-corrected chi connectivity index (χ3v) is 7.41. The molecule has 1 fully saturated rings. The van der Waals surface area contributed by atoms with Crippen LogP contribution in [0.15, 0.2) is 72.8 Å². The van der Waals surface area contributed by atoms with E-state index in [0.29, 0.717) is 52.7 Å². The molecule has 2 aliphatic rings. The molecule has 41 heavy (non-hydrogen) atoms. The molecular weight excluding hydrogens is 523 g/mol. The summed E-state index contributed by atoms with van der Waals surface area (Å²) < 4.78 is 23.0. The molecule has 0 spiro atoms. The third-order valence-electron chi connectivity index (χ3n) is 7.41. The highest BCUT2D eigenvalue weighted by molar-refractivity contribution is 6.16. The number of anilines is 2. The number of hydrogen-bond donors (Lipinski definition) is 1. The maximum Gasteiger partial charge on any atom is 0.249 e. The van der Waals surface area contributed by atoms with E-state index >= 15 is 4.39 Å². The van der Waals surface area contributed by atoms with Gasteiger partial charge in [0.1, 0.15) is 18.1 Å². The van der Waals surface area contributed by atoms with Crippen molar-refractivity contribution in [3.05, 3.63) is 89.9 Å². The molecule has 0 aliphatic carbocycles. The molecule has 1 saturated heterocycles. The van der Waals surface area contributed by atoms with Gasteiger partial charge in [0.15, 0.2) is 11.7 Å². The van der Waals surface area contributed by atoms with Crippen molar-refractivity contribution in [1.82, 2.24) is 14.7 Å². The Morgan fingerprint density at radius 2 is 1.71 bits per heavy atom. The minimum atomic E-state index is -1.65. The Balaban J connectivity index is 1.45. The Hall–Kier alpha value is -5.01. The molecule has 10 heteroatoms. The molecule has 0 radical (unpaired) electrons. The smallest absolute Gasteiger partial charge is 0.249 e. The molecule has 2 aliphatic heterocycles. The summed E-state index contributed by atoms with van der Waals surface area (Å²) in [5, 5.41) is 17.1. The van der Waals surface area contributed by atoms with Gasteiger partial charge in [-0.1, -0.05) is 36.4 Å². The van der Waals surface area contributed by atoms with Gasteiger partial charge in [0.2, 0.25) is 11.7 Å². The molecule has 3 heterocycles. The van der Waals surface area contributed by atoms with Crippen molar-refractivity contribution < 1.29 is 18.7 Å². The maximum absolute atomic E-state index is 15.2. The third kappa shape index (κ3) is 4.92. The Labute approximate surface area is 236 Å². The number of ketones is 1. The summed E-state index contributed by atoms with van der Waals surface area (Å²) in [6.45, 7) is 3.06. The first kappa shape index (κ1) is 26.2. The molecule has 206 valence electrons. The molecule has 3 aromatic carbocycles. The number of piperazine rings is 1. The number of nitrogens with zero attached hydrogens (tertiary/aromatic N) is 5. The standard InChI is InChI=1S/C31H27FN6O3/c1-36-12-14-37(15-13-36)26-17-20(32)16-23-28-25(19-41-30(23)26)27(35-38(28)22-10-6-3-7-11-22)29(39)24(18-33)31(40)34-21-8-4-2-5-9-21/h2-11,16-17,24H,12-15,19H2,1H3,(H,34,40). The summed E-state index contributed by atoms with van der Waals surface area (Å²) in [5.41, 5.74) is 3.04. The lowest BCUT2D eigenvalue weighted by Crippen LogP contribution is -2.44.